The first-order valence-corrected chi connectivity index (χ1v) is 4.98. The molecule has 3 heteroatoms. The summed E-state index contributed by atoms with van der Waals surface area (Å²) in [6.07, 6.45) is 0. The lowest BCUT2D eigenvalue weighted by Gasteiger charge is -2.04. The second-order valence-electron chi connectivity index (χ2n) is 2.99. The van der Waals surface area contributed by atoms with Gasteiger partial charge in [0.2, 0.25) is 0 Å². The van der Waals surface area contributed by atoms with E-state index < -0.39 is 0 Å². The molecule has 0 aliphatic heterocycles. The standard InChI is InChI=1S/C11H10BrN.ClH/c12-10-5-8-3-1-2-4-11(8)9(6-10)7-13;/h1-6H,7,13H2;1H. The molecule has 2 aromatic rings. The van der Waals surface area contributed by atoms with Crippen molar-refractivity contribution in [3.8, 4) is 0 Å². The topological polar surface area (TPSA) is 26.0 Å². The van der Waals surface area contributed by atoms with E-state index in [1.165, 1.54) is 16.3 Å². The summed E-state index contributed by atoms with van der Waals surface area (Å²) in [5, 5.41) is 2.48. The van der Waals surface area contributed by atoms with Gasteiger partial charge >= 0.3 is 0 Å². The van der Waals surface area contributed by atoms with Crippen molar-refractivity contribution in [2.75, 3.05) is 0 Å². The van der Waals surface area contributed by atoms with E-state index in [2.05, 4.69) is 40.2 Å². The minimum atomic E-state index is 0. The van der Waals surface area contributed by atoms with Crippen LogP contribution in [0.3, 0.4) is 0 Å². The Morgan fingerprint density at radius 3 is 2.57 bits per heavy atom. The molecule has 0 saturated heterocycles. The highest BCUT2D eigenvalue weighted by atomic mass is 79.9. The van der Waals surface area contributed by atoms with Gasteiger partial charge in [0.25, 0.3) is 0 Å². The van der Waals surface area contributed by atoms with E-state index in [0.29, 0.717) is 6.54 Å². The summed E-state index contributed by atoms with van der Waals surface area (Å²) >= 11 is 3.47. The maximum Gasteiger partial charge on any atom is 0.0184 e. The summed E-state index contributed by atoms with van der Waals surface area (Å²) in [5.41, 5.74) is 6.85. The number of hydrogen-bond acceptors (Lipinski definition) is 1. The van der Waals surface area contributed by atoms with E-state index in [1.54, 1.807) is 0 Å². The van der Waals surface area contributed by atoms with Crippen molar-refractivity contribution in [1.29, 1.82) is 0 Å². The lowest BCUT2D eigenvalue weighted by Crippen LogP contribution is -1.97. The van der Waals surface area contributed by atoms with Crippen molar-refractivity contribution in [2.24, 2.45) is 5.73 Å². The van der Waals surface area contributed by atoms with E-state index in [4.69, 9.17) is 5.73 Å². The van der Waals surface area contributed by atoms with Crippen LogP contribution < -0.4 is 5.73 Å². The minimum absolute atomic E-state index is 0. The van der Waals surface area contributed by atoms with Gasteiger partial charge in [0.15, 0.2) is 0 Å². The molecule has 0 amide bonds. The van der Waals surface area contributed by atoms with Crippen LogP contribution in [0.5, 0.6) is 0 Å². The third-order valence-corrected chi connectivity index (χ3v) is 2.59. The average molecular weight is 273 g/mol. The Morgan fingerprint density at radius 2 is 1.86 bits per heavy atom. The van der Waals surface area contributed by atoms with Crippen molar-refractivity contribution in [3.63, 3.8) is 0 Å². The van der Waals surface area contributed by atoms with Gasteiger partial charge in [-0.25, -0.2) is 0 Å². The van der Waals surface area contributed by atoms with E-state index in [-0.39, 0.29) is 12.4 Å². The van der Waals surface area contributed by atoms with Crippen molar-refractivity contribution in [2.45, 2.75) is 6.54 Å². The fraction of sp³-hybridized carbons (Fsp3) is 0.0909. The van der Waals surface area contributed by atoms with Crippen molar-refractivity contribution in [1.82, 2.24) is 0 Å². The van der Waals surface area contributed by atoms with Gasteiger partial charge in [-0.1, -0.05) is 40.2 Å². The summed E-state index contributed by atoms with van der Waals surface area (Å²) in [7, 11) is 0. The van der Waals surface area contributed by atoms with Crippen molar-refractivity contribution < 1.29 is 0 Å². The van der Waals surface area contributed by atoms with Gasteiger partial charge in [-0.2, -0.15) is 0 Å². The van der Waals surface area contributed by atoms with Crippen LogP contribution in [0.25, 0.3) is 10.8 Å². The van der Waals surface area contributed by atoms with E-state index in [0.717, 1.165) is 4.47 Å². The molecule has 0 fully saturated rings. The highest BCUT2D eigenvalue weighted by Gasteiger charge is 1.99. The van der Waals surface area contributed by atoms with Crippen LogP contribution in [0.2, 0.25) is 0 Å². The molecule has 2 rings (SSSR count). The summed E-state index contributed by atoms with van der Waals surface area (Å²) in [6, 6.07) is 12.4. The molecule has 0 spiro atoms. The summed E-state index contributed by atoms with van der Waals surface area (Å²) < 4.78 is 1.09. The van der Waals surface area contributed by atoms with E-state index in [1.807, 2.05) is 12.1 Å². The molecule has 0 atom stereocenters. The fourth-order valence-corrected chi connectivity index (χ4v) is 2.04. The van der Waals surface area contributed by atoms with E-state index in [9.17, 15) is 0 Å². The molecule has 0 unspecified atom stereocenters. The van der Waals surface area contributed by atoms with Gasteiger partial charge in [0.05, 0.1) is 0 Å². The first kappa shape index (κ1) is 11.5. The third kappa shape index (κ3) is 2.08. The Hall–Kier alpha value is -0.570. The molecule has 0 radical (unpaired) electrons. The molecule has 2 aromatic carbocycles. The molecule has 74 valence electrons. The van der Waals surface area contributed by atoms with Crippen LogP contribution in [0.15, 0.2) is 40.9 Å². The number of halogens is 2. The Morgan fingerprint density at radius 1 is 1.14 bits per heavy atom. The second-order valence-corrected chi connectivity index (χ2v) is 3.91. The van der Waals surface area contributed by atoms with Gasteiger partial charge in [0.1, 0.15) is 0 Å². The Bertz CT molecular complexity index is 442. The SMILES string of the molecule is Cl.NCc1cc(Br)cc2ccccc12. The zero-order chi connectivity index (χ0) is 9.26. The van der Waals surface area contributed by atoms with Crippen molar-refractivity contribution in [3.05, 3.63) is 46.4 Å². The molecular formula is C11H11BrClN. The lowest BCUT2D eigenvalue weighted by molar-refractivity contribution is 1.08. The van der Waals surface area contributed by atoms with Gasteiger partial charge in [-0.05, 0) is 28.5 Å². The van der Waals surface area contributed by atoms with Crippen LogP contribution in [-0.4, -0.2) is 0 Å². The lowest BCUT2D eigenvalue weighted by atomic mass is 10.1. The fourth-order valence-electron chi connectivity index (χ4n) is 1.52. The molecule has 0 aliphatic rings. The highest BCUT2D eigenvalue weighted by molar-refractivity contribution is 9.10. The van der Waals surface area contributed by atoms with Crippen molar-refractivity contribution >= 4 is 39.1 Å². The zero-order valence-corrected chi connectivity index (χ0v) is 9.94. The number of fused-ring (bicyclic) bond motifs is 1. The molecular weight excluding hydrogens is 261 g/mol. The minimum Gasteiger partial charge on any atom is -0.326 e. The van der Waals surface area contributed by atoms with Gasteiger partial charge in [0, 0.05) is 11.0 Å². The molecule has 0 aliphatic carbocycles. The molecule has 2 N–H and O–H groups in total. The molecule has 0 heterocycles. The third-order valence-electron chi connectivity index (χ3n) is 2.13. The molecule has 0 saturated carbocycles. The quantitative estimate of drug-likeness (QED) is 0.845. The van der Waals surface area contributed by atoms with Gasteiger partial charge < -0.3 is 5.73 Å². The van der Waals surface area contributed by atoms with Crippen LogP contribution >= 0.6 is 28.3 Å². The number of rotatable bonds is 1. The van der Waals surface area contributed by atoms with Crippen LogP contribution in [0.1, 0.15) is 5.56 Å². The van der Waals surface area contributed by atoms with Crippen LogP contribution in [0, 0.1) is 0 Å². The predicted octanol–water partition coefficient (Wildman–Crippen LogP) is 3.48. The highest BCUT2D eigenvalue weighted by Crippen LogP contribution is 2.23. The second kappa shape index (κ2) is 4.78. The summed E-state index contributed by atoms with van der Waals surface area (Å²) in [5.74, 6) is 0. The van der Waals surface area contributed by atoms with E-state index >= 15 is 0 Å². The average Bonchev–Trinajstić information content (AvgIpc) is 2.16. The normalized spacial score (nSPS) is 9.86. The maximum atomic E-state index is 5.66. The zero-order valence-electron chi connectivity index (χ0n) is 7.53. The number of hydrogen-bond donors (Lipinski definition) is 1. The van der Waals surface area contributed by atoms with Gasteiger partial charge in [-0.15, -0.1) is 12.4 Å². The van der Waals surface area contributed by atoms with Crippen LogP contribution in [0.4, 0.5) is 0 Å². The maximum absolute atomic E-state index is 5.66. The monoisotopic (exact) mass is 271 g/mol. The molecule has 0 bridgehead atoms. The van der Waals surface area contributed by atoms with Gasteiger partial charge in [-0.3, -0.25) is 0 Å². The smallest absolute Gasteiger partial charge is 0.0184 e. The molecule has 14 heavy (non-hydrogen) atoms. The molecule has 1 nitrogen and oxygen atoms in total. The predicted molar refractivity (Wildman–Crippen MR) is 66.8 cm³/mol. The largest absolute Gasteiger partial charge is 0.326 e. The first-order valence-electron chi connectivity index (χ1n) is 4.18. The Kier molecular flexibility index (Phi) is 3.93. The van der Waals surface area contributed by atoms with Crippen LogP contribution in [-0.2, 0) is 6.54 Å². The summed E-state index contributed by atoms with van der Waals surface area (Å²) in [4.78, 5) is 0. The molecule has 0 aromatic heterocycles. The Labute approximate surface area is 97.8 Å². The first-order chi connectivity index (χ1) is 6.31. The number of benzene rings is 2. The number of nitrogens with two attached hydrogens (primary N) is 1. The Balaban J connectivity index is 0.000000980. The summed E-state index contributed by atoms with van der Waals surface area (Å²) in [6.45, 7) is 0.583.